The van der Waals surface area contributed by atoms with Gasteiger partial charge in [-0.15, -0.1) is 0 Å². The van der Waals surface area contributed by atoms with Gasteiger partial charge in [0.2, 0.25) is 5.28 Å². The molecule has 0 spiro atoms. The van der Waals surface area contributed by atoms with Crippen LogP contribution in [0.15, 0.2) is 0 Å². The van der Waals surface area contributed by atoms with Gasteiger partial charge in [0.1, 0.15) is 10.7 Å². The van der Waals surface area contributed by atoms with Crippen LogP contribution in [0.1, 0.15) is 31.0 Å². The standard InChI is InChI=1S/C17H23Cl2N7O4/c1-10-13(26(27)28)16(25(24-10)11-5-3-7-29-9-11)30-8-4-6-21-15-12(18)14(20-2)22-17(19)23-15/h11H,3-9H2,1-2H3,(H2,20,21,22,23). The normalized spacial score (nSPS) is 16.3. The Morgan fingerprint density at radius 3 is 2.80 bits per heavy atom. The lowest BCUT2D eigenvalue weighted by molar-refractivity contribution is -0.386. The van der Waals surface area contributed by atoms with E-state index in [1.54, 1.807) is 18.7 Å². The Bertz CT molecular complexity index is 903. The first-order valence-electron chi connectivity index (χ1n) is 9.51. The smallest absolute Gasteiger partial charge is 0.353 e. The van der Waals surface area contributed by atoms with Gasteiger partial charge in [0.05, 0.1) is 24.2 Å². The van der Waals surface area contributed by atoms with E-state index in [1.165, 1.54) is 0 Å². The zero-order valence-corrected chi connectivity index (χ0v) is 18.2. The van der Waals surface area contributed by atoms with Crippen molar-refractivity contribution in [3.63, 3.8) is 0 Å². The number of aromatic nitrogens is 4. The molecule has 11 nitrogen and oxygen atoms in total. The number of aryl methyl sites for hydroxylation is 1. The summed E-state index contributed by atoms with van der Waals surface area (Å²) < 4.78 is 12.9. The van der Waals surface area contributed by atoms with Gasteiger partial charge in [-0.3, -0.25) is 10.1 Å². The number of hydrogen-bond acceptors (Lipinski definition) is 9. The number of nitro groups is 1. The van der Waals surface area contributed by atoms with Gasteiger partial charge in [0.15, 0.2) is 11.6 Å². The lowest BCUT2D eigenvalue weighted by atomic mass is 10.1. The summed E-state index contributed by atoms with van der Waals surface area (Å²) in [6, 6.07) is -0.0822. The molecule has 0 amide bonds. The maximum atomic E-state index is 11.5. The predicted octanol–water partition coefficient (Wildman–Crippen LogP) is 3.47. The van der Waals surface area contributed by atoms with Gasteiger partial charge in [0.25, 0.3) is 5.88 Å². The van der Waals surface area contributed by atoms with Crippen LogP contribution in [0.25, 0.3) is 0 Å². The van der Waals surface area contributed by atoms with Gasteiger partial charge in [-0.25, -0.2) is 4.68 Å². The van der Waals surface area contributed by atoms with Gasteiger partial charge < -0.3 is 20.1 Å². The minimum absolute atomic E-state index is 0.0622. The third kappa shape index (κ3) is 5.02. The molecule has 2 aromatic heterocycles. The highest BCUT2D eigenvalue weighted by Gasteiger charge is 2.31. The lowest BCUT2D eigenvalue weighted by Gasteiger charge is -2.23. The highest BCUT2D eigenvalue weighted by molar-refractivity contribution is 6.36. The summed E-state index contributed by atoms with van der Waals surface area (Å²) in [6.45, 7) is 3.45. The zero-order valence-electron chi connectivity index (χ0n) is 16.7. The molecule has 1 aliphatic heterocycles. The van der Waals surface area contributed by atoms with Crippen molar-refractivity contribution in [3.05, 3.63) is 26.1 Å². The van der Waals surface area contributed by atoms with E-state index in [4.69, 9.17) is 32.7 Å². The molecule has 0 bridgehead atoms. The van der Waals surface area contributed by atoms with Crippen molar-refractivity contribution in [2.24, 2.45) is 0 Å². The summed E-state index contributed by atoms with van der Waals surface area (Å²) in [7, 11) is 1.68. The van der Waals surface area contributed by atoms with E-state index in [1.807, 2.05) is 0 Å². The quantitative estimate of drug-likeness (QED) is 0.250. The topological polar surface area (TPSA) is 129 Å². The summed E-state index contributed by atoms with van der Waals surface area (Å²) >= 11 is 12.1. The lowest BCUT2D eigenvalue weighted by Crippen LogP contribution is -2.23. The molecule has 0 saturated carbocycles. The van der Waals surface area contributed by atoms with Crippen LogP contribution in [-0.4, -0.2) is 58.1 Å². The van der Waals surface area contributed by atoms with Crippen LogP contribution in [0.5, 0.6) is 5.88 Å². The molecule has 3 rings (SSSR count). The van der Waals surface area contributed by atoms with E-state index < -0.39 is 4.92 Å². The van der Waals surface area contributed by atoms with Crippen LogP contribution in [-0.2, 0) is 4.74 Å². The van der Waals surface area contributed by atoms with Gasteiger partial charge in [-0.05, 0) is 37.8 Å². The van der Waals surface area contributed by atoms with E-state index in [2.05, 4.69) is 25.7 Å². The Balaban J connectivity index is 1.63. The van der Waals surface area contributed by atoms with Crippen molar-refractivity contribution in [2.75, 3.05) is 44.0 Å². The number of anilines is 2. The molecule has 3 heterocycles. The minimum Gasteiger partial charge on any atom is -0.473 e. The van der Waals surface area contributed by atoms with Crippen LogP contribution in [0.2, 0.25) is 10.3 Å². The number of hydrogen-bond donors (Lipinski definition) is 2. The summed E-state index contributed by atoms with van der Waals surface area (Å²) in [5.74, 6) is 0.973. The third-order valence-electron chi connectivity index (χ3n) is 4.59. The molecular weight excluding hydrogens is 437 g/mol. The second-order valence-electron chi connectivity index (χ2n) is 6.69. The number of nitrogens with one attached hydrogen (secondary N) is 2. The fourth-order valence-corrected chi connectivity index (χ4v) is 3.59. The monoisotopic (exact) mass is 459 g/mol. The van der Waals surface area contributed by atoms with E-state index >= 15 is 0 Å². The first-order valence-corrected chi connectivity index (χ1v) is 10.3. The number of halogens is 2. The maximum absolute atomic E-state index is 11.5. The average molecular weight is 460 g/mol. The summed E-state index contributed by atoms with van der Waals surface area (Å²) in [6.07, 6.45) is 2.24. The molecule has 1 fully saturated rings. The zero-order chi connectivity index (χ0) is 21.7. The van der Waals surface area contributed by atoms with Gasteiger partial charge in [-0.1, -0.05) is 11.6 Å². The van der Waals surface area contributed by atoms with Crippen molar-refractivity contribution in [2.45, 2.75) is 32.2 Å². The van der Waals surface area contributed by atoms with Crippen molar-refractivity contribution in [1.82, 2.24) is 19.7 Å². The molecule has 30 heavy (non-hydrogen) atoms. The second-order valence-corrected chi connectivity index (χ2v) is 7.41. The third-order valence-corrected chi connectivity index (χ3v) is 5.12. The minimum atomic E-state index is -0.460. The fourth-order valence-electron chi connectivity index (χ4n) is 3.18. The number of nitrogens with zero attached hydrogens (tertiary/aromatic N) is 5. The van der Waals surface area contributed by atoms with E-state index in [0.717, 1.165) is 12.8 Å². The number of rotatable bonds is 9. The Kier molecular flexibility index (Phi) is 7.51. The molecule has 164 valence electrons. The molecule has 1 atom stereocenters. The first kappa shape index (κ1) is 22.3. The van der Waals surface area contributed by atoms with E-state index in [-0.39, 0.29) is 29.5 Å². The van der Waals surface area contributed by atoms with Crippen molar-refractivity contribution >= 4 is 40.5 Å². The van der Waals surface area contributed by atoms with E-state index in [9.17, 15) is 10.1 Å². The predicted molar refractivity (Wildman–Crippen MR) is 113 cm³/mol. The Labute approximate surface area is 183 Å². The Morgan fingerprint density at radius 2 is 2.13 bits per heavy atom. The summed E-state index contributed by atoms with van der Waals surface area (Å²) in [4.78, 5) is 19.1. The molecule has 1 aliphatic rings. The molecule has 1 unspecified atom stereocenters. The molecular formula is C17H23Cl2N7O4. The second kappa shape index (κ2) is 10.1. The van der Waals surface area contributed by atoms with Crippen molar-refractivity contribution < 1.29 is 14.4 Å². The van der Waals surface area contributed by atoms with Crippen LogP contribution in [0.4, 0.5) is 17.3 Å². The fraction of sp³-hybridized carbons (Fsp3) is 0.588. The maximum Gasteiger partial charge on any atom is 0.353 e. The highest BCUT2D eigenvalue weighted by Crippen LogP contribution is 2.35. The van der Waals surface area contributed by atoms with Gasteiger partial charge in [-0.2, -0.15) is 15.1 Å². The van der Waals surface area contributed by atoms with Crippen LogP contribution < -0.4 is 15.4 Å². The average Bonchev–Trinajstić information content (AvgIpc) is 3.06. The first-order chi connectivity index (χ1) is 14.4. The summed E-state index contributed by atoms with van der Waals surface area (Å²) in [5, 5.41) is 22.2. The SMILES string of the molecule is CNc1nc(Cl)nc(NCCCOc2c([N+](=O)[O-])c(C)nn2C2CCCOC2)c1Cl. The van der Waals surface area contributed by atoms with Gasteiger partial charge >= 0.3 is 5.69 Å². The van der Waals surface area contributed by atoms with Crippen molar-refractivity contribution in [1.29, 1.82) is 0 Å². The molecule has 2 aromatic rings. The van der Waals surface area contributed by atoms with Crippen molar-refractivity contribution in [3.8, 4) is 5.88 Å². The molecule has 13 heteroatoms. The van der Waals surface area contributed by atoms with Crippen LogP contribution in [0.3, 0.4) is 0 Å². The molecule has 0 radical (unpaired) electrons. The largest absolute Gasteiger partial charge is 0.473 e. The number of ether oxygens (including phenoxy) is 2. The van der Waals surface area contributed by atoms with Crippen LogP contribution >= 0.6 is 23.2 Å². The Morgan fingerprint density at radius 1 is 1.37 bits per heavy atom. The summed E-state index contributed by atoms with van der Waals surface area (Å²) in [5.41, 5.74) is 0.207. The Hall–Kier alpha value is -2.37. The van der Waals surface area contributed by atoms with E-state index in [0.29, 0.717) is 48.5 Å². The molecule has 1 saturated heterocycles. The molecule has 0 aliphatic carbocycles. The molecule has 0 aromatic carbocycles. The molecule has 2 N–H and O–H groups in total. The van der Waals surface area contributed by atoms with Gasteiger partial charge in [0, 0.05) is 20.2 Å². The van der Waals surface area contributed by atoms with Crippen LogP contribution in [0, 0.1) is 17.0 Å². The highest BCUT2D eigenvalue weighted by atomic mass is 35.5.